The van der Waals surface area contributed by atoms with E-state index in [0.29, 0.717) is 0 Å². The highest BCUT2D eigenvalue weighted by atomic mass is 16.4. The number of hydrogen-bond donors (Lipinski definition) is 4. The molecule has 0 saturated carbocycles. The van der Waals surface area contributed by atoms with Gasteiger partial charge in [0, 0.05) is 18.1 Å². The number of aromatic hydroxyl groups is 2. The third kappa shape index (κ3) is 2.87. The van der Waals surface area contributed by atoms with E-state index in [2.05, 4.69) is 0 Å². The average Bonchev–Trinajstić information content (AvgIpc) is 2.14. The summed E-state index contributed by atoms with van der Waals surface area (Å²) < 4.78 is 0. The van der Waals surface area contributed by atoms with Gasteiger partial charge >= 0.3 is 5.97 Å². The Morgan fingerprint density at radius 1 is 1.38 bits per heavy atom. The fourth-order valence-electron chi connectivity index (χ4n) is 1.46. The van der Waals surface area contributed by atoms with Crippen LogP contribution in [-0.2, 0) is 10.4 Å². The van der Waals surface area contributed by atoms with Gasteiger partial charge in [0.15, 0.2) is 0 Å². The van der Waals surface area contributed by atoms with Gasteiger partial charge in [-0.25, -0.2) is 0 Å². The fraction of sp³-hybridized carbons (Fsp3) is 0.364. The number of hydrogen-bond acceptors (Lipinski definition) is 4. The van der Waals surface area contributed by atoms with Crippen LogP contribution in [-0.4, -0.2) is 26.4 Å². The minimum Gasteiger partial charge on any atom is -0.508 e. The van der Waals surface area contributed by atoms with Crippen LogP contribution in [0.2, 0.25) is 0 Å². The van der Waals surface area contributed by atoms with E-state index in [1.807, 2.05) is 0 Å². The molecule has 1 aromatic rings. The van der Waals surface area contributed by atoms with Crippen LogP contribution < -0.4 is 0 Å². The van der Waals surface area contributed by atoms with Crippen LogP contribution in [0.25, 0.3) is 0 Å². The Morgan fingerprint density at radius 2 is 2.00 bits per heavy atom. The van der Waals surface area contributed by atoms with Crippen LogP contribution in [0.3, 0.4) is 0 Å². The molecule has 0 radical (unpaired) electrons. The van der Waals surface area contributed by atoms with Gasteiger partial charge in [-0.1, -0.05) is 0 Å². The number of carboxylic acids is 1. The first-order valence-electron chi connectivity index (χ1n) is 4.79. The minimum atomic E-state index is -1.43. The quantitative estimate of drug-likeness (QED) is 0.617. The van der Waals surface area contributed by atoms with Crippen LogP contribution in [0, 0.1) is 0 Å². The highest BCUT2D eigenvalue weighted by Crippen LogP contribution is 2.34. The lowest BCUT2D eigenvalue weighted by Gasteiger charge is -2.24. The van der Waals surface area contributed by atoms with Gasteiger partial charge in [0.1, 0.15) is 11.5 Å². The number of phenols is 2. The van der Waals surface area contributed by atoms with Crippen LogP contribution in [0.5, 0.6) is 11.5 Å². The molecule has 0 fully saturated rings. The molecule has 1 unspecified atom stereocenters. The summed E-state index contributed by atoms with van der Waals surface area (Å²) in [6, 6.07) is 3.79. The number of benzene rings is 1. The predicted molar refractivity (Wildman–Crippen MR) is 56.2 cm³/mol. The van der Waals surface area contributed by atoms with Gasteiger partial charge in [-0.2, -0.15) is 0 Å². The first-order valence-corrected chi connectivity index (χ1v) is 4.79. The maximum atomic E-state index is 10.4. The lowest BCUT2D eigenvalue weighted by molar-refractivity contribution is -0.138. The van der Waals surface area contributed by atoms with Gasteiger partial charge in [-0.05, 0) is 25.5 Å². The van der Waals surface area contributed by atoms with Crippen LogP contribution in [0.15, 0.2) is 18.2 Å². The highest BCUT2D eigenvalue weighted by molar-refractivity contribution is 5.66. The molecule has 0 bridgehead atoms. The van der Waals surface area contributed by atoms with Crippen molar-refractivity contribution in [2.45, 2.75) is 25.4 Å². The molecule has 88 valence electrons. The summed E-state index contributed by atoms with van der Waals surface area (Å²) in [6.07, 6.45) is -0.214. The smallest absolute Gasteiger partial charge is 0.303 e. The molecule has 0 spiro atoms. The summed E-state index contributed by atoms with van der Waals surface area (Å²) in [4.78, 5) is 10.4. The number of aliphatic hydroxyl groups is 1. The van der Waals surface area contributed by atoms with Gasteiger partial charge in [0.2, 0.25) is 0 Å². The first kappa shape index (κ1) is 12.3. The van der Waals surface area contributed by atoms with E-state index in [0.717, 1.165) is 6.07 Å². The summed E-state index contributed by atoms with van der Waals surface area (Å²) in [6.45, 7) is 1.42. The van der Waals surface area contributed by atoms with E-state index in [1.54, 1.807) is 0 Å². The second kappa shape index (κ2) is 4.40. The van der Waals surface area contributed by atoms with Crippen LogP contribution in [0.4, 0.5) is 0 Å². The van der Waals surface area contributed by atoms with Crippen molar-refractivity contribution in [2.24, 2.45) is 0 Å². The lowest BCUT2D eigenvalue weighted by atomic mass is 9.90. The van der Waals surface area contributed by atoms with E-state index in [4.69, 9.17) is 10.2 Å². The average molecular weight is 226 g/mol. The third-order valence-electron chi connectivity index (χ3n) is 2.39. The summed E-state index contributed by atoms with van der Waals surface area (Å²) in [5.74, 6) is -1.38. The molecule has 0 aromatic heterocycles. The molecule has 5 heteroatoms. The Kier molecular flexibility index (Phi) is 3.39. The molecular weight excluding hydrogens is 212 g/mol. The van der Waals surface area contributed by atoms with Crippen LogP contribution >= 0.6 is 0 Å². The van der Waals surface area contributed by atoms with Crippen molar-refractivity contribution in [3.8, 4) is 11.5 Å². The molecule has 0 saturated heterocycles. The summed E-state index contributed by atoms with van der Waals surface area (Å²) in [5, 5.41) is 37.1. The Labute approximate surface area is 92.6 Å². The van der Waals surface area contributed by atoms with Gasteiger partial charge in [-0.15, -0.1) is 0 Å². The second-order valence-electron chi connectivity index (χ2n) is 3.87. The molecular formula is C11H14O5. The molecule has 1 rings (SSSR count). The van der Waals surface area contributed by atoms with E-state index in [-0.39, 0.29) is 29.9 Å². The number of rotatable bonds is 4. The Morgan fingerprint density at radius 3 is 2.50 bits per heavy atom. The fourth-order valence-corrected chi connectivity index (χ4v) is 1.46. The van der Waals surface area contributed by atoms with E-state index < -0.39 is 11.6 Å². The minimum absolute atomic E-state index is 0.0132. The van der Waals surface area contributed by atoms with Crippen molar-refractivity contribution >= 4 is 5.97 Å². The Hall–Kier alpha value is -1.75. The molecule has 0 aliphatic rings. The lowest BCUT2D eigenvalue weighted by Crippen LogP contribution is -2.22. The largest absolute Gasteiger partial charge is 0.508 e. The summed E-state index contributed by atoms with van der Waals surface area (Å²) in [5.41, 5.74) is -1.23. The third-order valence-corrected chi connectivity index (χ3v) is 2.39. The number of phenolic OH excluding ortho intramolecular Hbond substituents is 2. The Balaban J connectivity index is 2.92. The van der Waals surface area contributed by atoms with Crippen LogP contribution in [0.1, 0.15) is 25.3 Å². The standard InChI is InChI=1S/C11H14O5/c1-11(16,5-4-10(14)15)8-3-2-7(12)6-9(8)13/h2-3,6,12-13,16H,4-5H2,1H3,(H,14,15). The zero-order valence-corrected chi connectivity index (χ0v) is 8.84. The molecule has 0 aliphatic heterocycles. The van der Waals surface area contributed by atoms with E-state index in [9.17, 15) is 15.0 Å². The molecule has 1 atom stereocenters. The van der Waals surface area contributed by atoms with E-state index in [1.165, 1.54) is 19.1 Å². The normalized spacial score (nSPS) is 14.4. The monoisotopic (exact) mass is 226 g/mol. The first-order chi connectivity index (χ1) is 7.33. The number of carboxylic acid groups (broad SMARTS) is 1. The van der Waals surface area contributed by atoms with Gasteiger partial charge < -0.3 is 20.4 Å². The van der Waals surface area contributed by atoms with Gasteiger partial charge in [0.05, 0.1) is 5.60 Å². The predicted octanol–water partition coefficient (Wildman–Crippen LogP) is 1.17. The molecule has 4 N–H and O–H groups in total. The Bertz CT molecular complexity index is 397. The maximum absolute atomic E-state index is 10.4. The van der Waals surface area contributed by atoms with Crippen molar-refractivity contribution < 1.29 is 25.2 Å². The molecule has 16 heavy (non-hydrogen) atoms. The van der Waals surface area contributed by atoms with Crippen molar-refractivity contribution in [1.82, 2.24) is 0 Å². The van der Waals surface area contributed by atoms with Crippen molar-refractivity contribution in [1.29, 1.82) is 0 Å². The second-order valence-corrected chi connectivity index (χ2v) is 3.87. The number of aliphatic carboxylic acids is 1. The zero-order chi connectivity index (χ0) is 12.3. The zero-order valence-electron chi connectivity index (χ0n) is 8.84. The van der Waals surface area contributed by atoms with Crippen molar-refractivity contribution in [3.05, 3.63) is 23.8 Å². The molecule has 1 aromatic carbocycles. The van der Waals surface area contributed by atoms with Crippen molar-refractivity contribution in [3.63, 3.8) is 0 Å². The highest BCUT2D eigenvalue weighted by Gasteiger charge is 2.27. The topological polar surface area (TPSA) is 98.0 Å². The molecule has 0 heterocycles. The van der Waals surface area contributed by atoms with Crippen molar-refractivity contribution in [2.75, 3.05) is 0 Å². The SMILES string of the molecule is CC(O)(CCC(=O)O)c1ccc(O)cc1O. The van der Waals surface area contributed by atoms with E-state index >= 15 is 0 Å². The molecule has 0 amide bonds. The summed E-state index contributed by atoms with van der Waals surface area (Å²) in [7, 11) is 0. The van der Waals surface area contributed by atoms with Gasteiger partial charge in [-0.3, -0.25) is 4.79 Å². The molecule has 0 aliphatic carbocycles. The summed E-state index contributed by atoms with van der Waals surface area (Å²) >= 11 is 0. The maximum Gasteiger partial charge on any atom is 0.303 e. The molecule has 5 nitrogen and oxygen atoms in total. The van der Waals surface area contributed by atoms with Gasteiger partial charge in [0.25, 0.3) is 0 Å². The number of carbonyl (C=O) groups is 1.